The van der Waals surface area contributed by atoms with Gasteiger partial charge in [0.2, 0.25) is 6.04 Å². The van der Waals surface area contributed by atoms with Crippen LogP contribution >= 0.6 is 0 Å². The number of halogens is 3. The van der Waals surface area contributed by atoms with Gasteiger partial charge in [-0.25, -0.2) is 0 Å². The third-order valence-corrected chi connectivity index (χ3v) is 5.25. The van der Waals surface area contributed by atoms with Crippen LogP contribution in [0.1, 0.15) is 38.2 Å². The number of amides is 1. The van der Waals surface area contributed by atoms with E-state index in [0.717, 1.165) is 6.42 Å². The fourth-order valence-electron chi connectivity index (χ4n) is 3.64. The van der Waals surface area contributed by atoms with Crippen LogP contribution in [0, 0.1) is 10.1 Å². The van der Waals surface area contributed by atoms with Gasteiger partial charge in [-0.3, -0.25) is 19.8 Å². The lowest BCUT2D eigenvalue weighted by atomic mass is 9.93. The molecule has 0 aliphatic carbocycles. The second-order valence-corrected chi connectivity index (χ2v) is 7.48. The molecule has 32 heavy (non-hydrogen) atoms. The lowest BCUT2D eigenvalue weighted by Gasteiger charge is -2.34. The van der Waals surface area contributed by atoms with Crippen molar-refractivity contribution in [2.45, 2.75) is 57.3 Å². The summed E-state index contributed by atoms with van der Waals surface area (Å²) in [5, 5.41) is 12.1. The van der Waals surface area contributed by atoms with Crippen molar-refractivity contribution in [2.24, 2.45) is 0 Å². The van der Waals surface area contributed by atoms with Crippen LogP contribution in [-0.2, 0) is 11.2 Å². The molecule has 0 heterocycles. The smallest absolute Gasteiger partial charge is 0.471 e. The van der Waals surface area contributed by atoms with Crippen LogP contribution in [0.5, 0.6) is 5.75 Å². The van der Waals surface area contributed by atoms with Crippen LogP contribution in [0.4, 0.5) is 18.9 Å². The largest absolute Gasteiger partial charge is 0.497 e. The number of nitrogens with zero attached hydrogens (tertiary/aromatic N) is 2. The number of alkyl halides is 3. The zero-order valence-electron chi connectivity index (χ0n) is 18.0. The Morgan fingerprint density at radius 3 is 2.22 bits per heavy atom. The van der Waals surface area contributed by atoms with E-state index in [1.165, 1.54) is 31.4 Å². The number of rotatable bonds is 11. The first-order chi connectivity index (χ1) is 15.2. The van der Waals surface area contributed by atoms with Gasteiger partial charge in [0.1, 0.15) is 11.8 Å². The Bertz CT molecular complexity index is 873. The number of ether oxygens (including phenoxy) is 1. The van der Waals surface area contributed by atoms with Crippen molar-refractivity contribution in [1.82, 2.24) is 0 Å². The Kier molecular flexibility index (Phi) is 9.04. The summed E-state index contributed by atoms with van der Waals surface area (Å²) < 4.78 is 45.8. The van der Waals surface area contributed by atoms with Gasteiger partial charge in [-0.15, -0.1) is 0 Å². The van der Waals surface area contributed by atoms with Crippen molar-refractivity contribution in [3.05, 3.63) is 70.3 Å². The first kappa shape index (κ1) is 25.2. The Morgan fingerprint density at radius 2 is 1.72 bits per heavy atom. The number of nitro groups is 1. The van der Waals surface area contributed by atoms with Gasteiger partial charge >= 0.3 is 12.1 Å². The van der Waals surface area contributed by atoms with Crippen molar-refractivity contribution < 1.29 is 27.6 Å². The van der Waals surface area contributed by atoms with Crippen LogP contribution in [0.2, 0.25) is 0 Å². The van der Waals surface area contributed by atoms with Gasteiger partial charge in [-0.05, 0) is 36.2 Å². The maximum absolute atomic E-state index is 13.6. The highest BCUT2D eigenvalue weighted by molar-refractivity contribution is 5.98. The molecule has 2 aromatic rings. The molecule has 2 aromatic carbocycles. The molecule has 0 saturated carbocycles. The predicted molar refractivity (Wildman–Crippen MR) is 115 cm³/mol. The van der Waals surface area contributed by atoms with Gasteiger partial charge in [0.25, 0.3) is 0 Å². The Labute approximate surface area is 185 Å². The van der Waals surface area contributed by atoms with E-state index in [4.69, 9.17) is 4.74 Å². The molecule has 2 atom stereocenters. The summed E-state index contributed by atoms with van der Waals surface area (Å²) >= 11 is 0. The van der Waals surface area contributed by atoms with E-state index in [-0.39, 0.29) is 18.5 Å². The second kappa shape index (κ2) is 11.5. The van der Waals surface area contributed by atoms with Crippen LogP contribution in [0.25, 0.3) is 0 Å². The molecule has 0 saturated heterocycles. The number of benzene rings is 2. The van der Waals surface area contributed by atoms with E-state index in [2.05, 4.69) is 0 Å². The lowest BCUT2D eigenvalue weighted by molar-refractivity contribution is -0.525. The summed E-state index contributed by atoms with van der Waals surface area (Å²) in [6.45, 7) is 1.92. The van der Waals surface area contributed by atoms with Crippen LogP contribution in [0.15, 0.2) is 54.6 Å². The van der Waals surface area contributed by atoms with Crippen molar-refractivity contribution in [3.63, 3.8) is 0 Å². The number of hydrogen-bond acceptors (Lipinski definition) is 4. The van der Waals surface area contributed by atoms with E-state index in [0.29, 0.717) is 29.1 Å². The standard InChI is InChI=1S/C23H27F3N2O4/c1-3-4-6-11-20(21(28(30)31)16-17-9-7-5-8-10-17)27(22(29)23(24,25)26)18-12-14-19(32-2)15-13-18/h5,7-10,12-15,20-21H,3-4,6,11,16H2,1-2H3/t20-,21+/m0/s1. The summed E-state index contributed by atoms with van der Waals surface area (Å²) in [5.41, 5.74) is 0.554. The van der Waals surface area contributed by atoms with E-state index >= 15 is 0 Å². The summed E-state index contributed by atoms with van der Waals surface area (Å²) in [6, 6.07) is 11.3. The number of carbonyl (C=O) groups is 1. The molecule has 0 aliphatic heterocycles. The van der Waals surface area contributed by atoms with Gasteiger partial charge in [0.15, 0.2) is 0 Å². The van der Waals surface area contributed by atoms with E-state index < -0.39 is 29.1 Å². The number of carbonyl (C=O) groups excluding carboxylic acids is 1. The molecule has 0 aromatic heterocycles. The first-order valence-electron chi connectivity index (χ1n) is 10.4. The number of unbranched alkanes of at least 4 members (excludes halogenated alkanes) is 2. The molecular formula is C23H27F3N2O4. The fourth-order valence-corrected chi connectivity index (χ4v) is 3.64. The van der Waals surface area contributed by atoms with Crippen molar-refractivity contribution in [3.8, 4) is 5.75 Å². The molecular weight excluding hydrogens is 425 g/mol. The zero-order valence-corrected chi connectivity index (χ0v) is 18.0. The number of methoxy groups -OCH3 is 1. The molecule has 0 fully saturated rings. The van der Waals surface area contributed by atoms with Crippen LogP contribution < -0.4 is 9.64 Å². The van der Waals surface area contributed by atoms with Gasteiger partial charge < -0.3 is 4.74 Å². The maximum Gasteiger partial charge on any atom is 0.471 e. The monoisotopic (exact) mass is 452 g/mol. The summed E-state index contributed by atoms with van der Waals surface area (Å²) in [4.78, 5) is 24.5. The normalized spacial score (nSPS) is 13.3. The Hall–Kier alpha value is -3.10. The van der Waals surface area contributed by atoms with Crippen LogP contribution in [-0.4, -0.2) is 36.2 Å². The quantitative estimate of drug-likeness (QED) is 0.259. The summed E-state index contributed by atoms with van der Waals surface area (Å²) in [7, 11) is 1.41. The lowest BCUT2D eigenvalue weighted by Crippen LogP contribution is -2.54. The molecule has 9 heteroatoms. The third kappa shape index (κ3) is 6.70. The molecule has 0 spiro atoms. The Balaban J connectivity index is 2.55. The molecule has 2 rings (SSSR count). The van der Waals surface area contributed by atoms with E-state index in [9.17, 15) is 28.1 Å². The predicted octanol–water partition coefficient (Wildman–Crippen LogP) is 5.43. The minimum atomic E-state index is -5.18. The molecule has 6 nitrogen and oxygen atoms in total. The van der Waals surface area contributed by atoms with Gasteiger partial charge in [0.05, 0.1) is 7.11 Å². The Morgan fingerprint density at radius 1 is 1.09 bits per heavy atom. The second-order valence-electron chi connectivity index (χ2n) is 7.48. The van der Waals surface area contributed by atoms with E-state index in [1.54, 1.807) is 30.3 Å². The highest BCUT2D eigenvalue weighted by Crippen LogP contribution is 2.31. The number of anilines is 1. The van der Waals surface area contributed by atoms with Gasteiger partial charge in [0, 0.05) is 17.0 Å². The topological polar surface area (TPSA) is 72.7 Å². The molecule has 174 valence electrons. The first-order valence-corrected chi connectivity index (χ1v) is 10.4. The SMILES string of the molecule is CCCCC[C@@H]([C@@H](Cc1ccccc1)[N+](=O)[O-])N(C(=O)C(F)(F)F)c1ccc(OC)cc1. The van der Waals surface area contributed by atoms with E-state index in [1.807, 2.05) is 6.92 Å². The van der Waals surface area contributed by atoms with Crippen molar-refractivity contribution in [1.29, 1.82) is 0 Å². The summed E-state index contributed by atoms with van der Waals surface area (Å²) in [6.07, 6.45) is -3.29. The average molecular weight is 452 g/mol. The highest BCUT2D eigenvalue weighted by atomic mass is 19.4. The summed E-state index contributed by atoms with van der Waals surface area (Å²) in [5.74, 6) is -1.73. The number of hydrogen-bond donors (Lipinski definition) is 0. The molecule has 0 N–H and O–H groups in total. The van der Waals surface area contributed by atoms with Crippen LogP contribution in [0.3, 0.4) is 0 Å². The minimum Gasteiger partial charge on any atom is -0.497 e. The molecule has 1 amide bonds. The van der Waals surface area contributed by atoms with Gasteiger partial charge in [-0.2, -0.15) is 13.2 Å². The molecule has 0 bridgehead atoms. The average Bonchev–Trinajstić information content (AvgIpc) is 2.77. The molecule has 0 aliphatic rings. The minimum absolute atomic E-state index is 0.0606. The maximum atomic E-state index is 13.6. The van der Waals surface area contributed by atoms with Gasteiger partial charge in [-0.1, -0.05) is 56.5 Å². The molecule has 0 radical (unpaired) electrons. The van der Waals surface area contributed by atoms with Crippen molar-refractivity contribution in [2.75, 3.05) is 12.0 Å². The third-order valence-electron chi connectivity index (χ3n) is 5.25. The fraction of sp³-hybridized carbons (Fsp3) is 0.435. The zero-order chi connectivity index (χ0) is 23.7. The van der Waals surface area contributed by atoms with Crippen molar-refractivity contribution >= 4 is 11.6 Å². The highest BCUT2D eigenvalue weighted by Gasteiger charge is 2.49. The molecule has 0 unspecified atom stereocenters.